The van der Waals surface area contributed by atoms with E-state index in [0.717, 1.165) is 12.8 Å². The zero-order chi connectivity index (χ0) is 16.3. The van der Waals surface area contributed by atoms with Crippen molar-refractivity contribution in [2.45, 2.75) is 38.1 Å². The third-order valence-electron chi connectivity index (χ3n) is 4.74. The number of fused-ring (bicyclic) bond motifs is 1. The number of amides is 1. The number of rotatable bonds is 3. The maximum Gasteiger partial charge on any atom is 0.407 e. The van der Waals surface area contributed by atoms with Gasteiger partial charge in [0.05, 0.1) is 6.61 Å². The van der Waals surface area contributed by atoms with Gasteiger partial charge in [-0.1, -0.05) is 61.5 Å². The molecule has 0 heterocycles. The first-order valence-corrected chi connectivity index (χ1v) is 8.20. The highest BCUT2D eigenvalue weighted by molar-refractivity contribution is 5.68. The second-order valence-electron chi connectivity index (χ2n) is 6.33. The molecule has 1 amide bonds. The SMILES string of the molecule is CCOC(=O)N[C@@H]1Cc2ccccc2[C@@](C)(c2ccccc2)C1. The molecule has 0 bridgehead atoms. The average molecular weight is 309 g/mol. The van der Waals surface area contributed by atoms with Crippen LogP contribution in [0.4, 0.5) is 4.79 Å². The minimum absolute atomic E-state index is 0.0779. The maximum absolute atomic E-state index is 11.8. The van der Waals surface area contributed by atoms with Crippen LogP contribution < -0.4 is 5.32 Å². The Morgan fingerprint density at radius 2 is 1.87 bits per heavy atom. The summed E-state index contributed by atoms with van der Waals surface area (Å²) < 4.78 is 5.06. The number of alkyl carbamates (subject to hydrolysis) is 1. The molecule has 0 aliphatic heterocycles. The lowest BCUT2D eigenvalue weighted by atomic mass is 9.66. The summed E-state index contributed by atoms with van der Waals surface area (Å²) in [5.41, 5.74) is 3.82. The van der Waals surface area contributed by atoms with Crippen LogP contribution in [0, 0.1) is 0 Å². The van der Waals surface area contributed by atoms with E-state index in [1.807, 2.05) is 13.0 Å². The van der Waals surface area contributed by atoms with Crippen molar-refractivity contribution in [1.29, 1.82) is 0 Å². The van der Waals surface area contributed by atoms with E-state index >= 15 is 0 Å². The molecule has 23 heavy (non-hydrogen) atoms. The quantitative estimate of drug-likeness (QED) is 0.928. The van der Waals surface area contributed by atoms with Gasteiger partial charge >= 0.3 is 6.09 Å². The number of hydrogen-bond donors (Lipinski definition) is 1. The second kappa shape index (κ2) is 6.45. The zero-order valence-electron chi connectivity index (χ0n) is 13.7. The fourth-order valence-electron chi connectivity index (χ4n) is 3.70. The van der Waals surface area contributed by atoms with Gasteiger partial charge in [0.1, 0.15) is 0 Å². The van der Waals surface area contributed by atoms with Crippen molar-refractivity contribution in [3.63, 3.8) is 0 Å². The predicted molar refractivity (Wildman–Crippen MR) is 91.6 cm³/mol. The minimum atomic E-state index is -0.327. The Bertz CT molecular complexity index is 683. The molecule has 1 aliphatic rings. The number of hydrogen-bond acceptors (Lipinski definition) is 2. The van der Waals surface area contributed by atoms with Gasteiger partial charge in [0.25, 0.3) is 0 Å². The molecule has 2 atom stereocenters. The minimum Gasteiger partial charge on any atom is -0.450 e. The molecule has 0 fully saturated rings. The monoisotopic (exact) mass is 309 g/mol. The number of carbonyl (C=O) groups is 1. The lowest BCUT2D eigenvalue weighted by Crippen LogP contribution is -2.45. The Hall–Kier alpha value is -2.29. The lowest BCUT2D eigenvalue weighted by molar-refractivity contribution is 0.145. The van der Waals surface area contributed by atoms with Crippen molar-refractivity contribution in [3.05, 3.63) is 71.3 Å². The summed E-state index contributed by atoms with van der Waals surface area (Å²) in [5, 5.41) is 3.02. The van der Waals surface area contributed by atoms with Crippen LogP contribution in [0.2, 0.25) is 0 Å². The summed E-state index contributed by atoms with van der Waals surface area (Å²) in [7, 11) is 0. The first kappa shape index (κ1) is 15.6. The molecule has 0 saturated carbocycles. The Labute approximate surface area is 137 Å². The van der Waals surface area contributed by atoms with Gasteiger partial charge in [-0.2, -0.15) is 0 Å². The number of benzene rings is 2. The normalized spacial score (nSPS) is 23.0. The van der Waals surface area contributed by atoms with Crippen molar-refractivity contribution < 1.29 is 9.53 Å². The molecule has 0 unspecified atom stereocenters. The highest BCUT2D eigenvalue weighted by Gasteiger charge is 2.38. The van der Waals surface area contributed by atoms with Crippen LogP contribution in [-0.4, -0.2) is 18.7 Å². The van der Waals surface area contributed by atoms with Gasteiger partial charge < -0.3 is 10.1 Å². The smallest absolute Gasteiger partial charge is 0.407 e. The topological polar surface area (TPSA) is 38.3 Å². The maximum atomic E-state index is 11.8. The highest BCUT2D eigenvalue weighted by atomic mass is 16.5. The van der Waals surface area contributed by atoms with Gasteiger partial charge in [-0.25, -0.2) is 4.79 Å². The van der Waals surface area contributed by atoms with Crippen LogP contribution in [0.25, 0.3) is 0 Å². The lowest BCUT2D eigenvalue weighted by Gasteiger charge is -2.40. The van der Waals surface area contributed by atoms with Gasteiger partial charge in [-0.15, -0.1) is 0 Å². The predicted octanol–water partition coefficient (Wildman–Crippen LogP) is 4.05. The molecule has 1 aliphatic carbocycles. The summed E-state index contributed by atoms with van der Waals surface area (Å²) in [6, 6.07) is 19.1. The van der Waals surface area contributed by atoms with Crippen molar-refractivity contribution in [2.24, 2.45) is 0 Å². The molecule has 0 aromatic heterocycles. The van der Waals surface area contributed by atoms with Crippen LogP contribution in [0.15, 0.2) is 54.6 Å². The van der Waals surface area contributed by atoms with Crippen molar-refractivity contribution in [2.75, 3.05) is 6.61 Å². The van der Waals surface area contributed by atoms with E-state index in [0.29, 0.717) is 6.61 Å². The van der Waals surface area contributed by atoms with Crippen LogP contribution in [0.5, 0.6) is 0 Å². The van der Waals surface area contributed by atoms with Gasteiger partial charge in [-0.3, -0.25) is 0 Å². The summed E-state index contributed by atoms with van der Waals surface area (Å²) in [4.78, 5) is 11.8. The fourth-order valence-corrected chi connectivity index (χ4v) is 3.70. The zero-order valence-corrected chi connectivity index (χ0v) is 13.7. The average Bonchev–Trinajstić information content (AvgIpc) is 2.56. The van der Waals surface area contributed by atoms with Crippen LogP contribution in [-0.2, 0) is 16.6 Å². The molecule has 3 heteroatoms. The summed E-state index contributed by atoms with van der Waals surface area (Å²) >= 11 is 0. The molecule has 2 aromatic carbocycles. The third-order valence-corrected chi connectivity index (χ3v) is 4.74. The van der Waals surface area contributed by atoms with Crippen molar-refractivity contribution >= 4 is 6.09 Å². The van der Waals surface area contributed by atoms with E-state index in [1.165, 1.54) is 16.7 Å². The fraction of sp³-hybridized carbons (Fsp3) is 0.350. The Morgan fingerprint density at radius 1 is 1.17 bits per heavy atom. The molecular formula is C20H23NO2. The van der Waals surface area contributed by atoms with E-state index in [9.17, 15) is 4.79 Å². The largest absolute Gasteiger partial charge is 0.450 e. The molecule has 2 aromatic rings. The number of carbonyl (C=O) groups excluding carboxylic acids is 1. The summed E-state index contributed by atoms with van der Waals surface area (Å²) in [5.74, 6) is 0. The van der Waals surface area contributed by atoms with Gasteiger partial charge in [-0.05, 0) is 36.5 Å². The van der Waals surface area contributed by atoms with E-state index in [1.54, 1.807) is 0 Å². The summed E-state index contributed by atoms with van der Waals surface area (Å²) in [6.07, 6.45) is 1.39. The first-order chi connectivity index (χ1) is 11.1. The van der Waals surface area contributed by atoms with Gasteiger partial charge in [0, 0.05) is 11.5 Å². The van der Waals surface area contributed by atoms with Crippen LogP contribution in [0.1, 0.15) is 37.0 Å². The van der Waals surface area contributed by atoms with Crippen LogP contribution >= 0.6 is 0 Å². The molecule has 3 rings (SSSR count). The number of nitrogens with one attached hydrogen (secondary N) is 1. The van der Waals surface area contributed by atoms with Gasteiger partial charge in [0.15, 0.2) is 0 Å². The van der Waals surface area contributed by atoms with Crippen molar-refractivity contribution in [3.8, 4) is 0 Å². The Morgan fingerprint density at radius 3 is 2.61 bits per heavy atom. The second-order valence-corrected chi connectivity index (χ2v) is 6.33. The Balaban J connectivity index is 1.96. The number of ether oxygens (including phenoxy) is 1. The molecule has 1 N–H and O–H groups in total. The molecular weight excluding hydrogens is 286 g/mol. The third kappa shape index (κ3) is 3.09. The molecule has 3 nitrogen and oxygen atoms in total. The van der Waals surface area contributed by atoms with Crippen LogP contribution in [0.3, 0.4) is 0 Å². The van der Waals surface area contributed by atoms with E-state index in [2.05, 4.69) is 60.8 Å². The van der Waals surface area contributed by atoms with E-state index in [4.69, 9.17) is 4.74 Å². The van der Waals surface area contributed by atoms with Crippen molar-refractivity contribution in [1.82, 2.24) is 5.32 Å². The highest BCUT2D eigenvalue weighted by Crippen LogP contribution is 2.42. The Kier molecular flexibility index (Phi) is 4.37. The molecule has 0 spiro atoms. The van der Waals surface area contributed by atoms with E-state index < -0.39 is 0 Å². The molecule has 120 valence electrons. The first-order valence-electron chi connectivity index (χ1n) is 8.20. The summed E-state index contributed by atoms with van der Waals surface area (Å²) in [6.45, 7) is 4.48. The standard InChI is InChI=1S/C20H23NO2/c1-3-23-19(22)21-17-13-15-9-7-8-12-18(15)20(2,14-17)16-10-5-4-6-11-16/h4-12,17H,3,13-14H2,1-2H3,(H,21,22)/t17-,20-/m1/s1. The molecule has 0 radical (unpaired) electrons. The van der Waals surface area contributed by atoms with E-state index in [-0.39, 0.29) is 17.6 Å². The van der Waals surface area contributed by atoms with Gasteiger partial charge in [0.2, 0.25) is 0 Å². The molecule has 0 saturated heterocycles.